The molecular weight excluding hydrogens is 236 g/mol. The van der Waals surface area contributed by atoms with Gasteiger partial charge in [-0.2, -0.15) is 0 Å². The van der Waals surface area contributed by atoms with E-state index in [9.17, 15) is 0 Å². The molecule has 1 atom stereocenters. The molecule has 0 spiro atoms. The molecule has 1 aliphatic rings. The highest BCUT2D eigenvalue weighted by Gasteiger charge is 2.37. The van der Waals surface area contributed by atoms with Gasteiger partial charge in [0.1, 0.15) is 11.6 Å². The number of pyridine rings is 1. The van der Waals surface area contributed by atoms with Gasteiger partial charge in [-0.25, -0.2) is 9.97 Å². The van der Waals surface area contributed by atoms with Gasteiger partial charge in [0, 0.05) is 20.0 Å². The highest BCUT2D eigenvalue weighted by atomic mass is 15.1. The molecule has 2 heterocycles. The third-order valence-electron chi connectivity index (χ3n) is 4.40. The van der Waals surface area contributed by atoms with Crippen molar-refractivity contribution < 1.29 is 0 Å². The molecule has 2 aromatic rings. The van der Waals surface area contributed by atoms with Crippen LogP contribution in [0.25, 0.3) is 11.2 Å². The number of H-pyrrole nitrogens is 1. The molecule has 0 aromatic carbocycles. The summed E-state index contributed by atoms with van der Waals surface area (Å²) in [6.45, 7) is 4.69. The van der Waals surface area contributed by atoms with E-state index in [4.69, 9.17) is 4.98 Å². The molecule has 0 saturated heterocycles. The average Bonchev–Trinajstić information content (AvgIpc) is 2.89. The van der Waals surface area contributed by atoms with Crippen molar-refractivity contribution in [3.05, 3.63) is 18.0 Å². The zero-order valence-corrected chi connectivity index (χ0v) is 12.2. The number of rotatable bonds is 2. The summed E-state index contributed by atoms with van der Waals surface area (Å²) in [5.74, 6) is 2.60. The number of hydrogen-bond donors (Lipinski definition) is 1. The lowest BCUT2D eigenvalue weighted by Gasteiger charge is -2.24. The first kappa shape index (κ1) is 12.5. The third kappa shape index (κ3) is 2.09. The van der Waals surface area contributed by atoms with Crippen LogP contribution in [-0.4, -0.2) is 29.0 Å². The van der Waals surface area contributed by atoms with E-state index in [-0.39, 0.29) is 0 Å². The minimum Gasteiger partial charge on any atom is -0.363 e. The smallest absolute Gasteiger partial charge is 0.179 e. The van der Waals surface area contributed by atoms with Gasteiger partial charge in [0.15, 0.2) is 5.65 Å². The summed E-state index contributed by atoms with van der Waals surface area (Å²) >= 11 is 0. The zero-order chi connectivity index (χ0) is 13.6. The van der Waals surface area contributed by atoms with Crippen molar-refractivity contribution in [2.75, 3.05) is 19.0 Å². The first-order valence-corrected chi connectivity index (χ1v) is 7.01. The molecule has 102 valence electrons. The zero-order valence-electron chi connectivity index (χ0n) is 12.2. The highest BCUT2D eigenvalue weighted by Crippen LogP contribution is 2.48. The van der Waals surface area contributed by atoms with Crippen LogP contribution in [0.5, 0.6) is 0 Å². The van der Waals surface area contributed by atoms with Crippen LogP contribution >= 0.6 is 0 Å². The summed E-state index contributed by atoms with van der Waals surface area (Å²) in [5.41, 5.74) is 2.23. The van der Waals surface area contributed by atoms with E-state index >= 15 is 0 Å². The molecule has 4 heteroatoms. The molecule has 1 saturated carbocycles. The molecular formula is C15H22N4. The number of nitrogens with zero attached hydrogens (tertiary/aromatic N) is 3. The maximum atomic E-state index is 4.74. The van der Waals surface area contributed by atoms with Crippen LogP contribution in [0.2, 0.25) is 0 Å². The van der Waals surface area contributed by atoms with Crippen LogP contribution in [-0.2, 0) is 0 Å². The van der Waals surface area contributed by atoms with Crippen molar-refractivity contribution in [2.45, 2.75) is 39.0 Å². The van der Waals surface area contributed by atoms with Crippen molar-refractivity contribution in [1.29, 1.82) is 0 Å². The van der Waals surface area contributed by atoms with Crippen LogP contribution in [0.15, 0.2) is 12.1 Å². The maximum Gasteiger partial charge on any atom is 0.179 e. The Morgan fingerprint density at radius 1 is 1.26 bits per heavy atom. The van der Waals surface area contributed by atoms with Gasteiger partial charge in [-0.15, -0.1) is 0 Å². The van der Waals surface area contributed by atoms with E-state index in [2.05, 4.69) is 29.9 Å². The predicted molar refractivity (Wildman–Crippen MR) is 78.6 cm³/mol. The molecule has 3 rings (SSSR count). The molecule has 1 fully saturated rings. The van der Waals surface area contributed by atoms with Crippen LogP contribution in [0.3, 0.4) is 0 Å². The van der Waals surface area contributed by atoms with E-state index in [0.29, 0.717) is 11.3 Å². The first-order chi connectivity index (χ1) is 8.97. The minimum atomic E-state index is 0.345. The Hall–Kier alpha value is -1.58. The second kappa shape index (κ2) is 4.22. The summed E-state index contributed by atoms with van der Waals surface area (Å²) in [7, 11) is 4.00. The fourth-order valence-corrected chi connectivity index (χ4v) is 3.15. The number of aromatic amines is 1. The van der Waals surface area contributed by atoms with Crippen LogP contribution < -0.4 is 4.90 Å². The second-order valence-electron chi connectivity index (χ2n) is 6.49. The fraction of sp³-hybridized carbons (Fsp3) is 0.600. The Balaban J connectivity index is 2.02. The van der Waals surface area contributed by atoms with Crippen LogP contribution in [0.4, 0.5) is 5.82 Å². The quantitative estimate of drug-likeness (QED) is 0.898. The van der Waals surface area contributed by atoms with E-state index in [1.165, 1.54) is 19.3 Å². The van der Waals surface area contributed by atoms with Crippen LogP contribution in [0.1, 0.15) is 44.9 Å². The second-order valence-corrected chi connectivity index (χ2v) is 6.49. The number of fused-ring (bicyclic) bond motifs is 1. The summed E-state index contributed by atoms with van der Waals surface area (Å²) in [5, 5.41) is 0. The standard InChI is InChI=1S/C15H22N4/c1-15(2)9-5-6-10(15)13-16-11-7-8-12(19(3)4)17-14(11)18-13/h7-8,10H,5-6,9H2,1-4H3,(H,16,17,18). The van der Waals surface area contributed by atoms with Gasteiger partial charge < -0.3 is 9.88 Å². The predicted octanol–water partition coefficient (Wildman–Crippen LogP) is 3.32. The Bertz CT molecular complexity index is 597. The lowest BCUT2D eigenvalue weighted by molar-refractivity contribution is 0.323. The first-order valence-electron chi connectivity index (χ1n) is 7.01. The van der Waals surface area contributed by atoms with Crippen molar-refractivity contribution in [2.24, 2.45) is 5.41 Å². The van der Waals surface area contributed by atoms with Gasteiger partial charge >= 0.3 is 0 Å². The number of nitrogens with one attached hydrogen (secondary N) is 1. The number of anilines is 1. The third-order valence-corrected chi connectivity index (χ3v) is 4.40. The van der Waals surface area contributed by atoms with E-state index in [1.807, 2.05) is 25.1 Å². The topological polar surface area (TPSA) is 44.8 Å². The summed E-state index contributed by atoms with van der Waals surface area (Å²) in [4.78, 5) is 14.8. The molecule has 1 aliphatic carbocycles. The molecule has 2 aromatic heterocycles. The number of imidazole rings is 1. The molecule has 19 heavy (non-hydrogen) atoms. The van der Waals surface area contributed by atoms with Gasteiger partial charge in [0.2, 0.25) is 0 Å². The Morgan fingerprint density at radius 3 is 2.68 bits per heavy atom. The Morgan fingerprint density at radius 2 is 2.05 bits per heavy atom. The largest absolute Gasteiger partial charge is 0.363 e. The number of aromatic nitrogens is 3. The van der Waals surface area contributed by atoms with Gasteiger partial charge in [0.05, 0.1) is 5.52 Å². The fourth-order valence-electron chi connectivity index (χ4n) is 3.15. The van der Waals surface area contributed by atoms with E-state index in [1.54, 1.807) is 0 Å². The molecule has 1 N–H and O–H groups in total. The normalized spacial score (nSPS) is 22.0. The molecule has 1 unspecified atom stereocenters. The maximum absolute atomic E-state index is 4.74. The van der Waals surface area contributed by atoms with Crippen molar-refractivity contribution >= 4 is 17.0 Å². The summed E-state index contributed by atoms with van der Waals surface area (Å²) in [6.07, 6.45) is 3.81. The molecule has 0 bridgehead atoms. The Labute approximate surface area is 114 Å². The van der Waals surface area contributed by atoms with Crippen LogP contribution in [0, 0.1) is 5.41 Å². The Kier molecular flexibility index (Phi) is 2.77. The molecule has 0 amide bonds. The van der Waals surface area contributed by atoms with Gasteiger partial charge in [-0.05, 0) is 30.4 Å². The summed E-state index contributed by atoms with van der Waals surface area (Å²) in [6, 6.07) is 4.11. The minimum absolute atomic E-state index is 0.345. The SMILES string of the molecule is CN(C)c1ccc2[nH]c(C3CCCC3(C)C)nc2n1. The van der Waals surface area contributed by atoms with Crippen molar-refractivity contribution in [3.8, 4) is 0 Å². The lowest BCUT2D eigenvalue weighted by atomic mass is 9.81. The number of hydrogen-bond acceptors (Lipinski definition) is 3. The van der Waals surface area contributed by atoms with Crippen molar-refractivity contribution in [1.82, 2.24) is 15.0 Å². The monoisotopic (exact) mass is 258 g/mol. The lowest BCUT2D eigenvalue weighted by Crippen LogP contribution is -2.16. The summed E-state index contributed by atoms with van der Waals surface area (Å²) < 4.78 is 0. The average molecular weight is 258 g/mol. The van der Waals surface area contributed by atoms with Gasteiger partial charge in [0.25, 0.3) is 0 Å². The van der Waals surface area contributed by atoms with Gasteiger partial charge in [-0.1, -0.05) is 20.3 Å². The molecule has 4 nitrogen and oxygen atoms in total. The van der Waals surface area contributed by atoms with E-state index < -0.39 is 0 Å². The van der Waals surface area contributed by atoms with E-state index in [0.717, 1.165) is 22.8 Å². The molecule has 0 radical (unpaired) electrons. The highest BCUT2D eigenvalue weighted by molar-refractivity contribution is 5.73. The van der Waals surface area contributed by atoms with Gasteiger partial charge in [-0.3, -0.25) is 0 Å². The molecule has 0 aliphatic heterocycles. The van der Waals surface area contributed by atoms with Crippen molar-refractivity contribution in [3.63, 3.8) is 0 Å².